The summed E-state index contributed by atoms with van der Waals surface area (Å²) in [4.78, 5) is 27.5. The van der Waals surface area contributed by atoms with Crippen molar-refractivity contribution in [2.45, 2.75) is 29.5 Å². The van der Waals surface area contributed by atoms with E-state index in [0.717, 1.165) is 0 Å². The molecule has 0 spiro atoms. The Balaban J connectivity index is 1.40. The lowest BCUT2D eigenvalue weighted by Crippen LogP contribution is -2.38. The predicted octanol–water partition coefficient (Wildman–Crippen LogP) is 4.73. The number of carbonyl (C=O) groups excluding carboxylic acids is 2. The number of thioether (sulfide) groups is 1. The van der Waals surface area contributed by atoms with E-state index in [1.807, 2.05) is 0 Å². The van der Waals surface area contributed by atoms with E-state index in [0.29, 0.717) is 57.2 Å². The summed E-state index contributed by atoms with van der Waals surface area (Å²) in [5, 5.41) is 21.7. The normalized spacial score (nSPS) is 16.8. The number of nitrogens with one attached hydrogen (secondary N) is 1. The van der Waals surface area contributed by atoms with Crippen LogP contribution in [0, 0.1) is 17.1 Å². The van der Waals surface area contributed by atoms with Crippen LogP contribution < -0.4 is 25.4 Å². The zero-order valence-corrected chi connectivity index (χ0v) is 23.8. The molecule has 3 aromatic rings. The van der Waals surface area contributed by atoms with Crippen molar-refractivity contribution in [1.29, 1.82) is 5.26 Å². The lowest BCUT2D eigenvalue weighted by molar-refractivity contribution is -0.116. The van der Waals surface area contributed by atoms with Gasteiger partial charge in [-0.25, -0.2) is 4.39 Å². The maximum Gasteiger partial charge on any atom is 0.234 e. The number of hydrogen-bond acceptors (Lipinski definition) is 11. The van der Waals surface area contributed by atoms with Crippen molar-refractivity contribution in [2.24, 2.45) is 5.73 Å². The van der Waals surface area contributed by atoms with Gasteiger partial charge < -0.3 is 20.5 Å². The Morgan fingerprint density at radius 2 is 2.05 bits per heavy atom. The van der Waals surface area contributed by atoms with Gasteiger partial charge in [0.1, 0.15) is 23.1 Å². The van der Waals surface area contributed by atoms with E-state index in [1.165, 1.54) is 43.4 Å². The number of ketones is 1. The number of ether oxygens (including phenoxy) is 2. The Kier molecular flexibility index (Phi) is 8.23. The molecule has 1 unspecified atom stereocenters. The highest BCUT2D eigenvalue weighted by Crippen LogP contribution is 2.47. The van der Waals surface area contributed by atoms with Gasteiger partial charge in [0, 0.05) is 29.3 Å². The number of nitrogens with zero attached hydrogens (tertiary/aromatic N) is 4. The molecule has 5 rings (SSSR count). The molecule has 2 aliphatic rings. The number of nitrogens with two attached hydrogens (primary N) is 1. The number of halogens is 1. The third-order valence-electron chi connectivity index (χ3n) is 6.72. The number of Topliss-reactive ketones (excluding diaryl/α,β-unsaturated/α-hetero) is 1. The molecule has 41 heavy (non-hydrogen) atoms. The van der Waals surface area contributed by atoms with Crippen molar-refractivity contribution in [3.63, 3.8) is 0 Å². The Labute approximate surface area is 243 Å². The average Bonchev–Trinajstić information content (AvgIpc) is 3.44. The maximum absolute atomic E-state index is 14.9. The number of carbonyl (C=O) groups is 2. The summed E-state index contributed by atoms with van der Waals surface area (Å²) < 4.78 is 25.9. The van der Waals surface area contributed by atoms with Gasteiger partial charge in [-0.15, -0.1) is 10.2 Å². The monoisotopic (exact) mass is 592 g/mol. The van der Waals surface area contributed by atoms with Crippen LogP contribution in [0.2, 0.25) is 0 Å². The fourth-order valence-electron chi connectivity index (χ4n) is 4.90. The number of benzene rings is 2. The molecule has 1 amide bonds. The first kappa shape index (κ1) is 28.1. The second-order valence-corrected chi connectivity index (χ2v) is 11.3. The summed E-state index contributed by atoms with van der Waals surface area (Å²) in [6.07, 6.45) is 1.38. The second-order valence-electron chi connectivity index (χ2n) is 9.09. The maximum atomic E-state index is 14.9. The van der Waals surface area contributed by atoms with E-state index in [4.69, 9.17) is 15.2 Å². The largest absolute Gasteiger partial charge is 0.497 e. The van der Waals surface area contributed by atoms with Crippen molar-refractivity contribution < 1.29 is 23.5 Å². The number of aromatic nitrogens is 2. The lowest BCUT2D eigenvalue weighted by atomic mass is 9.75. The number of hydrogen-bond donors (Lipinski definition) is 2. The molecule has 1 aromatic heterocycles. The SMILES string of the molecule is COc1ccc(OC)c(NC(=O)CSc2nnc(N3C(N)=C(C#N)C(c4ccccc4F)C4=C3CCCC4=O)s2)c1. The Morgan fingerprint density at radius 1 is 1.24 bits per heavy atom. The van der Waals surface area contributed by atoms with Gasteiger partial charge in [0.05, 0.1) is 43.2 Å². The second kappa shape index (κ2) is 12.0. The van der Waals surface area contributed by atoms with Gasteiger partial charge in [0.2, 0.25) is 11.0 Å². The molecule has 2 heterocycles. The van der Waals surface area contributed by atoms with Crippen LogP contribution in [0.15, 0.2) is 69.5 Å². The number of nitriles is 1. The summed E-state index contributed by atoms with van der Waals surface area (Å²) in [6.45, 7) is 0. The molecule has 10 nitrogen and oxygen atoms in total. The highest BCUT2D eigenvalue weighted by molar-refractivity contribution is 8.01. The van der Waals surface area contributed by atoms with Crippen LogP contribution >= 0.6 is 23.1 Å². The topological polar surface area (TPSA) is 143 Å². The van der Waals surface area contributed by atoms with Gasteiger partial charge in [-0.05, 0) is 31.0 Å². The minimum Gasteiger partial charge on any atom is -0.497 e. The third-order valence-corrected chi connectivity index (χ3v) is 8.77. The summed E-state index contributed by atoms with van der Waals surface area (Å²) >= 11 is 2.35. The highest BCUT2D eigenvalue weighted by atomic mass is 32.2. The van der Waals surface area contributed by atoms with Crippen LogP contribution in [-0.4, -0.2) is 41.9 Å². The van der Waals surface area contributed by atoms with Crippen molar-refractivity contribution in [3.8, 4) is 17.6 Å². The first-order valence-electron chi connectivity index (χ1n) is 12.5. The zero-order valence-electron chi connectivity index (χ0n) is 22.1. The van der Waals surface area contributed by atoms with Crippen molar-refractivity contribution >= 4 is 45.6 Å². The van der Waals surface area contributed by atoms with Gasteiger partial charge >= 0.3 is 0 Å². The van der Waals surface area contributed by atoms with Crippen LogP contribution in [0.5, 0.6) is 11.5 Å². The molecule has 3 N–H and O–H groups in total. The van der Waals surface area contributed by atoms with Gasteiger partial charge in [0.25, 0.3) is 0 Å². The quantitative estimate of drug-likeness (QED) is 0.352. The van der Waals surface area contributed by atoms with E-state index in [-0.39, 0.29) is 34.4 Å². The van der Waals surface area contributed by atoms with Crippen LogP contribution in [0.3, 0.4) is 0 Å². The fourth-order valence-corrected chi connectivity index (χ4v) is 6.58. The summed E-state index contributed by atoms with van der Waals surface area (Å²) in [6, 6.07) is 13.3. The molecule has 1 atom stereocenters. The lowest BCUT2D eigenvalue weighted by Gasteiger charge is -2.38. The number of methoxy groups -OCH3 is 2. The Morgan fingerprint density at radius 3 is 2.78 bits per heavy atom. The van der Waals surface area contributed by atoms with E-state index in [2.05, 4.69) is 21.6 Å². The Hall–Kier alpha value is -4.41. The van der Waals surface area contributed by atoms with E-state index >= 15 is 0 Å². The molecule has 13 heteroatoms. The zero-order chi connectivity index (χ0) is 29.1. The van der Waals surface area contributed by atoms with Crippen molar-refractivity contribution in [2.75, 3.05) is 30.2 Å². The standard InChI is InChI=1S/C28H25FN6O4S2/c1-38-15-10-11-22(39-2)19(12-15)32-23(37)14-40-28-34-33-27(41-28)35-20-8-5-9-21(36)25(20)24(17(13-30)26(35)31)16-6-3-4-7-18(16)29/h3-4,6-7,10-12,24H,5,8-9,14,31H2,1-2H3,(H,32,37). The molecule has 1 aliphatic carbocycles. The molecule has 210 valence electrons. The van der Waals surface area contributed by atoms with Crippen molar-refractivity contribution in [3.05, 3.63) is 76.5 Å². The first-order chi connectivity index (χ1) is 19.9. The minimum atomic E-state index is -0.903. The predicted molar refractivity (Wildman–Crippen MR) is 153 cm³/mol. The summed E-state index contributed by atoms with van der Waals surface area (Å²) in [5.41, 5.74) is 8.22. The molecule has 0 radical (unpaired) electrons. The summed E-state index contributed by atoms with van der Waals surface area (Å²) in [5.74, 6) is -0.709. The first-order valence-corrected chi connectivity index (χ1v) is 14.3. The van der Waals surface area contributed by atoms with Crippen LogP contribution in [0.4, 0.5) is 15.2 Å². The smallest absolute Gasteiger partial charge is 0.234 e. The Bertz CT molecular complexity index is 1630. The van der Waals surface area contributed by atoms with Gasteiger partial charge in [-0.3, -0.25) is 14.5 Å². The molecule has 1 aliphatic heterocycles. The molecule has 0 bridgehead atoms. The molecule has 0 saturated heterocycles. The summed E-state index contributed by atoms with van der Waals surface area (Å²) in [7, 11) is 3.04. The van der Waals surface area contributed by atoms with Crippen LogP contribution in [0.1, 0.15) is 30.7 Å². The van der Waals surface area contributed by atoms with E-state index in [1.54, 1.807) is 41.3 Å². The molecule has 2 aromatic carbocycles. The number of rotatable bonds is 8. The molecular formula is C28H25FN6O4S2. The van der Waals surface area contributed by atoms with E-state index < -0.39 is 11.7 Å². The van der Waals surface area contributed by atoms with Crippen molar-refractivity contribution in [1.82, 2.24) is 10.2 Å². The highest BCUT2D eigenvalue weighted by Gasteiger charge is 2.42. The molecular weight excluding hydrogens is 567 g/mol. The van der Waals surface area contributed by atoms with Crippen LogP contribution in [0.25, 0.3) is 0 Å². The number of anilines is 2. The van der Waals surface area contributed by atoms with Crippen LogP contribution in [-0.2, 0) is 9.59 Å². The molecule has 0 fully saturated rings. The minimum absolute atomic E-state index is 0.0333. The van der Waals surface area contributed by atoms with Gasteiger partial charge in [-0.1, -0.05) is 41.3 Å². The third kappa shape index (κ3) is 5.48. The van der Waals surface area contributed by atoms with Gasteiger partial charge in [0.15, 0.2) is 10.1 Å². The number of allylic oxidation sites excluding steroid dienone is 3. The average molecular weight is 593 g/mol. The fraction of sp³-hybridized carbons (Fsp3) is 0.250. The number of amides is 1. The van der Waals surface area contributed by atoms with E-state index in [9.17, 15) is 19.2 Å². The molecule has 0 saturated carbocycles. The van der Waals surface area contributed by atoms with Gasteiger partial charge in [-0.2, -0.15) is 5.26 Å².